The Morgan fingerprint density at radius 1 is 0.871 bits per heavy atom. The normalized spacial score (nSPS) is 10.7. The van der Waals surface area contributed by atoms with Gasteiger partial charge in [0.05, 0.1) is 10.9 Å². The Kier molecular flexibility index (Phi) is 5.41. The van der Waals surface area contributed by atoms with Crippen molar-refractivity contribution in [3.63, 3.8) is 0 Å². The molecule has 7 nitrogen and oxygen atoms in total. The second-order valence-corrected chi connectivity index (χ2v) is 7.38. The van der Waals surface area contributed by atoms with Crippen LogP contribution in [0.1, 0.15) is 12.5 Å². The molecule has 0 saturated heterocycles. The third-order valence-electron chi connectivity index (χ3n) is 4.90. The monoisotopic (exact) mass is 413 g/mol. The van der Waals surface area contributed by atoms with Gasteiger partial charge in [0.25, 0.3) is 0 Å². The molecule has 7 heteroatoms. The number of aromatic nitrogens is 2. The number of nitrogens with zero attached hydrogens (tertiary/aromatic N) is 2. The molecule has 0 aliphatic rings. The second-order valence-electron chi connectivity index (χ2n) is 7.38. The molecule has 0 bridgehead atoms. The number of carbonyl (C=O) groups is 2. The number of anilines is 3. The molecular formula is C24H23N5O2. The van der Waals surface area contributed by atoms with Crippen LogP contribution in [-0.2, 0) is 11.8 Å². The fourth-order valence-electron chi connectivity index (χ4n) is 3.56. The molecule has 1 heterocycles. The number of urea groups is 1. The minimum absolute atomic E-state index is 0.172. The molecule has 0 radical (unpaired) electrons. The first-order valence-corrected chi connectivity index (χ1v) is 9.89. The smallest absolute Gasteiger partial charge is 0.309 e. The number of amides is 3. The van der Waals surface area contributed by atoms with Gasteiger partial charge in [-0.05, 0) is 53.9 Å². The van der Waals surface area contributed by atoms with Gasteiger partial charge in [0.1, 0.15) is 0 Å². The van der Waals surface area contributed by atoms with Crippen molar-refractivity contribution in [3.8, 4) is 11.1 Å². The van der Waals surface area contributed by atoms with Crippen molar-refractivity contribution in [1.82, 2.24) is 9.78 Å². The number of rotatable bonds is 4. The van der Waals surface area contributed by atoms with Crippen LogP contribution in [0.15, 0.2) is 66.7 Å². The number of hydrogen-bond donors (Lipinski definition) is 3. The van der Waals surface area contributed by atoms with E-state index >= 15 is 0 Å². The summed E-state index contributed by atoms with van der Waals surface area (Å²) in [7, 11) is 1.84. The van der Waals surface area contributed by atoms with E-state index in [4.69, 9.17) is 0 Å². The minimum atomic E-state index is -0.305. The maximum atomic E-state index is 12.3. The fourth-order valence-corrected chi connectivity index (χ4v) is 3.56. The molecule has 4 rings (SSSR count). The molecule has 0 aliphatic heterocycles. The van der Waals surface area contributed by atoms with Crippen LogP contribution in [0.5, 0.6) is 0 Å². The molecule has 3 N–H and O–H groups in total. The summed E-state index contributed by atoms with van der Waals surface area (Å²) in [5.74, 6) is 0.356. The summed E-state index contributed by atoms with van der Waals surface area (Å²) in [4.78, 5) is 23.9. The Balaban J connectivity index is 1.57. The first-order chi connectivity index (χ1) is 14.9. The molecule has 0 aliphatic carbocycles. The molecule has 0 spiro atoms. The highest BCUT2D eigenvalue weighted by Gasteiger charge is 2.15. The molecule has 31 heavy (non-hydrogen) atoms. The predicted molar refractivity (Wildman–Crippen MR) is 124 cm³/mol. The fraction of sp³-hybridized carbons (Fsp3) is 0.125. The number of hydrogen-bond acceptors (Lipinski definition) is 3. The summed E-state index contributed by atoms with van der Waals surface area (Å²) >= 11 is 0. The van der Waals surface area contributed by atoms with Gasteiger partial charge in [-0.25, -0.2) is 4.79 Å². The van der Waals surface area contributed by atoms with E-state index in [0.717, 1.165) is 33.3 Å². The van der Waals surface area contributed by atoms with Crippen molar-refractivity contribution in [2.24, 2.45) is 7.05 Å². The molecule has 3 aromatic carbocycles. The lowest BCUT2D eigenvalue weighted by molar-refractivity contribution is -0.114. The number of fused-ring (bicyclic) bond motifs is 1. The Labute approximate surface area is 180 Å². The zero-order chi connectivity index (χ0) is 22.0. The van der Waals surface area contributed by atoms with Gasteiger partial charge < -0.3 is 16.0 Å². The van der Waals surface area contributed by atoms with Crippen LogP contribution in [0.25, 0.3) is 22.0 Å². The molecule has 156 valence electrons. The summed E-state index contributed by atoms with van der Waals surface area (Å²) in [6.45, 7) is 3.44. The highest BCUT2D eigenvalue weighted by atomic mass is 16.2. The molecular weight excluding hydrogens is 390 g/mol. The Morgan fingerprint density at radius 3 is 2.29 bits per heavy atom. The average Bonchev–Trinajstić information content (AvgIpc) is 3.03. The van der Waals surface area contributed by atoms with E-state index in [1.165, 1.54) is 6.92 Å². The maximum absolute atomic E-state index is 12.3. The zero-order valence-corrected chi connectivity index (χ0v) is 17.6. The highest BCUT2D eigenvalue weighted by Crippen LogP contribution is 2.34. The third-order valence-corrected chi connectivity index (χ3v) is 4.90. The molecule has 3 amide bonds. The topological polar surface area (TPSA) is 88.1 Å². The lowest BCUT2D eigenvalue weighted by Crippen LogP contribution is -2.19. The zero-order valence-electron chi connectivity index (χ0n) is 17.6. The first-order valence-electron chi connectivity index (χ1n) is 9.89. The number of benzene rings is 3. The summed E-state index contributed by atoms with van der Waals surface area (Å²) in [6.07, 6.45) is 0. The van der Waals surface area contributed by atoms with Gasteiger partial charge in [-0.3, -0.25) is 9.48 Å². The van der Waals surface area contributed by atoms with E-state index in [9.17, 15) is 9.59 Å². The average molecular weight is 413 g/mol. The van der Waals surface area contributed by atoms with Crippen LogP contribution in [-0.4, -0.2) is 21.7 Å². The second kappa shape index (κ2) is 8.31. The van der Waals surface area contributed by atoms with Gasteiger partial charge in [-0.15, -0.1) is 0 Å². The molecule has 1 aromatic heterocycles. The molecule has 0 fully saturated rings. The quantitative estimate of drug-likeness (QED) is 0.432. The van der Waals surface area contributed by atoms with E-state index in [-0.39, 0.29) is 11.9 Å². The summed E-state index contributed by atoms with van der Waals surface area (Å²) in [5.41, 5.74) is 5.31. The summed E-state index contributed by atoms with van der Waals surface area (Å²) < 4.78 is 1.75. The van der Waals surface area contributed by atoms with Crippen LogP contribution < -0.4 is 16.0 Å². The van der Waals surface area contributed by atoms with Gasteiger partial charge in [0.15, 0.2) is 5.82 Å². The van der Waals surface area contributed by atoms with Crippen molar-refractivity contribution in [1.29, 1.82) is 0 Å². The third kappa shape index (κ3) is 4.40. The van der Waals surface area contributed by atoms with Crippen LogP contribution in [0, 0.1) is 6.92 Å². The molecule has 0 unspecified atom stereocenters. The number of nitrogens with one attached hydrogen (secondary N) is 3. The first kappa shape index (κ1) is 20.2. The molecule has 0 saturated carbocycles. The van der Waals surface area contributed by atoms with Gasteiger partial charge in [-0.2, -0.15) is 5.10 Å². The SMILES string of the molecule is CC(=O)Nc1nn(C)c2cccc(-c3ccc(NC(=O)Nc4cccc(C)c4)cc3)c12. The van der Waals surface area contributed by atoms with Crippen molar-refractivity contribution in [2.75, 3.05) is 16.0 Å². The van der Waals surface area contributed by atoms with Crippen molar-refractivity contribution >= 4 is 40.0 Å². The van der Waals surface area contributed by atoms with E-state index < -0.39 is 0 Å². The van der Waals surface area contributed by atoms with E-state index in [0.29, 0.717) is 11.5 Å². The van der Waals surface area contributed by atoms with Gasteiger partial charge in [-0.1, -0.05) is 36.4 Å². The summed E-state index contributed by atoms with van der Waals surface area (Å²) in [6, 6.07) is 20.8. The standard InChI is InChI=1S/C24H23N5O2/c1-15-6-4-7-19(14-15)27-24(31)26-18-12-10-17(11-13-18)20-8-5-9-21-22(20)23(25-16(2)30)28-29(21)3/h4-14H,1-3H3,(H,25,28,30)(H2,26,27,31). The maximum Gasteiger partial charge on any atom is 0.323 e. The number of aryl methyl sites for hydroxylation is 2. The van der Waals surface area contributed by atoms with Crippen molar-refractivity contribution in [3.05, 3.63) is 72.3 Å². The van der Waals surface area contributed by atoms with E-state index in [1.54, 1.807) is 4.68 Å². The number of carbonyl (C=O) groups excluding carboxylic acids is 2. The van der Waals surface area contributed by atoms with Crippen molar-refractivity contribution in [2.45, 2.75) is 13.8 Å². The van der Waals surface area contributed by atoms with Gasteiger partial charge in [0.2, 0.25) is 5.91 Å². The van der Waals surface area contributed by atoms with E-state index in [2.05, 4.69) is 21.0 Å². The van der Waals surface area contributed by atoms with Gasteiger partial charge in [0, 0.05) is 25.3 Å². The van der Waals surface area contributed by atoms with Crippen LogP contribution >= 0.6 is 0 Å². The van der Waals surface area contributed by atoms with Crippen LogP contribution in [0.2, 0.25) is 0 Å². The predicted octanol–water partition coefficient (Wildman–Crippen LogP) is 5.15. The van der Waals surface area contributed by atoms with E-state index in [1.807, 2.05) is 80.7 Å². The summed E-state index contributed by atoms with van der Waals surface area (Å²) in [5, 5.41) is 13.8. The lowest BCUT2D eigenvalue weighted by atomic mass is 10.0. The van der Waals surface area contributed by atoms with Crippen LogP contribution in [0.3, 0.4) is 0 Å². The largest absolute Gasteiger partial charge is 0.323 e. The lowest BCUT2D eigenvalue weighted by Gasteiger charge is -2.10. The van der Waals surface area contributed by atoms with Crippen molar-refractivity contribution < 1.29 is 9.59 Å². The Bertz CT molecular complexity index is 1280. The molecule has 0 atom stereocenters. The molecule has 4 aromatic rings. The van der Waals surface area contributed by atoms with Crippen LogP contribution in [0.4, 0.5) is 22.0 Å². The Morgan fingerprint density at radius 2 is 1.58 bits per heavy atom. The highest BCUT2D eigenvalue weighted by molar-refractivity contribution is 6.07. The minimum Gasteiger partial charge on any atom is -0.309 e. The Hall–Kier alpha value is -4.13. The van der Waals surface area contributed by atoms with Gasteiger partial charge >= 0.3 is 6.03 Å².